The molecule has 3 heterocycles. The Bertz CT molecular complexity index is 925. The number of hydrogen-bond donors (Lipinski definition) is 2. The van der Waals surface area contributed by atoms with E-state index in [1.165, 1.54) is 10.6 Å². The van der Waals surface area contributed by atoms with Crippen LogP contribution in [-0.4, -0.2) is 53.2 Å². The van der Waals surface area contributed by atoms with Crippen LogP contribution in [0, 0.1) is 13.8 Å². The summed E-state index contributed by atoms with van der Waals surface area (Å²) >= 11 is 0. The van der Waals surface area contributed by atoms with Gasteiger partial charge in [-0.15, -0.1) is 0 Å². The molecule has 0 bridgehead atoms. The van der Waals surface area contributed by atoms with Crippen LogP contribution < -0.4 is 5.32 Å². The second-order valence-corrected chi connectivity index (χ2v) is 9.43. The smallest absolute Gasteiger partial charge is 0.253 e. The van der Waals surface area contributed by atoms with Crippen LogP contribution in [0.1, 0.15) is 64.7 Å². The van der Waals surface area contributed by atoms with E-state index in [-0.39, 0.29) is 17.9 Å². The molecule has 1 amide bonds. The zero-order valence-corrected chi connectivity index (χ0v) is 17.5. The number of aromatic nitrogens is 3. The molecule has 1 aliphatic rings. The standard InChI is InChI=1S/C19H27N5O3S/c1-12(18-13(2)22-23-14(18)3)21-19(25)16-5-6-17(20-11-16)15-7-9-24(10-8-15)28(4,26)27/h5-6,11-12,15H,7-10H2,1-4H3,(H,21,25)(H,22,23)/t12-/m1/s1. The molecule has 1 saturated heterocycles. The molecule has 0 radical (unpaired) electrons. The number of carbonyl (C=O) groups is 1. The zero-order valence-electron chi connectivity index (χ0n) is 16.7. The maximum atomic E-state index is 12.6. The summed E-state index contributed by atoms with van der Waals surface area (Å²) in [5.41, 5.74) is 4.22. The molecule has 8 nitrogen and oxygen atoms in total. The molecule has 1 aliphatic heterocycles. The Balaban J connectivity index is 1.62. The predicted octanol–water partition coefficient (Wildman–Crippen LogP) is 2.05. The molecular formula is C19H27N5O3S. The highest BCUT2D eigenvalue weighted by atomic mass is 32.2. The summed E-state index contributed by atoms with van der Waals surface area (Å²) in [4.78, 5) is 17.0. The van der Waals surface area contributed by atoms with Gasteiger partial charge < -0.3 is 5.32 Å². The minimum absolute atomic E-state index is 0.161. The summed E-state index contributed by atoms with van der Waals surface area (Å²) in [7, 11) is -3.13. The van der Waals surface area contributed by atoms with E-state index in [2.05, 4.69) is 20.5 Å². The number of nitrogens with one attached hydrogen (secondary N) is 2. The van der Waals surface area contributed by atoms with Crippen LogP contribution in [0.5, 0.6) is 0 Å². The van der Waals surface area contributed by atoms with E-state index in [0.29, 0.717) is 18.7 Å². The average Bonchev–Trinajstić information content (AvgIpc) is 2.99. The monoisotopic (exact) mass is 405 g/mol. The van der Waals surface area contributed by atoms with Crippen LogP contribution >= 0.6 is 0 Å². The molecule has 1 fully saturated rings. The van der Waals surface area contributed by atoms with E-state index in [1.807, 2.05) is 26.8 Å². The fourth-order valence-electron chi connectivity index (χ4n) is 3.81. The summed E-state index contributed by atoms with van der Waals surface area (Å²) in [6.45, 7) is 6.79. The van der Waals surface area contributed by atoms with Crippen LogP contribution in [-0.2, 0) is 10.0 Å². The number of sulfonamides is 1. The SMILES string of the molecule is Cc1n[nH]c(C)c1[C@@H](C)NC(=O)c1ccc(C2CCN(S(C)(=O)=O)CC2)nc1. The van der Waals surface area contributed by atoms with Gasteiger partial charge in [-0.1, -0.05) is 0 Å². The Hall–Kier alpha value is -2.26. The summed E-state index contributed by atoms with van der Waals surface area (Å²) in [5.74, 6) is 0.0312. The molecule has 28 heavy (non-hydrogen) atoms. The Morgan fingerprint density at radius 1 is 1.29 bits per heavy atom. The van der Waals surface area contributed by atoms with Crippen molar-refractivity contribution < 1.29 is 13.2 Å². The fourth-order valence-corrected chi connectivity index (χ4v) is 4.69. The second-order valence-electron chi connectivity index (χ2n) is 7.45. The minimum atomic E-state index is -3.13. The van der Waals surface area contributed by atoms with Crippen molar-refractivity contribution in [1.82, 2.24) is 24.8 Å². The van der Waals surface area contributed by atoms with Gasteiger partial charge in [0.25, 0.3) is 5.91 Å². The van der Waals surface area contributed by atoms with Gasteiger partial charge in [-0.05, 0) is 45.7 Å². The van der Waals surface area contributed by atoms with Gasteiger partial charge in [0.2, 0.25) is 10.0 Å². The fraction of sp³-hybridized carbons (Fsp3) is 0.526. The van der Waals surface area contributed by atoms with Crippen LogP contribution in [0.4, 0.5) is 0 Å². The first-order valence-corrected chi connectivity index (χ1v) is 11.2. The first-order valence-electron chi connectivity index (χ1n) is 9.40. The number of pyridine rings is 1. The van der Waals surface area contributed by atoms with E-state index in [0.717, 1.165) is 35.5 Å². The third-order valence-electron chi connectivity index (χ3n) is 5.36. The number of nitrogens with zero attached hydrogens (tertiary/aromatic N) is 3. The van der Waals surface area contributed by atoms with Crippen molar-refractivity contribution in [3.8, 4) is 0 Å². The van der Waals surface area contributed by atoms with Crippen LogP contribution in [0.2, 0.25) is 0 Å². The number of hydrogen-bond acceptors (Lipinski definition) is 5. The van der Waals surface area contributed by atoms with Gasteiger partial charge >= 0.3 is 0 Å². The number of carbonyl (C=O) groups excluding carboxylic acids is 1. The molecular weight excluding hydrogens is 378 g/mol. The van der Waals surface area contributed by atoms with Crippen molar-refractivity contribution in [1.29, 1.82) is 0 Å². The third-order valence-corrected chi connectivity index (χ3v) is 6.66. The number of amides is 1. The quantitative estimate of drug-likeness (QED) is 0.791. The number of aryl methyl sites for hydroxylation is 2. The highest BCUT2D eigenvalue weighted by Crippen LogP contribution is 2.27. The van der Waals surface area contributed by atoms with Crippen LogP contribution in [0.3, 0.4) is 0 Å². The molecule has 2 N–H and O–H groups in total. The third kappa shape index (κ3) is 4.41. The van der Waals surface area contributed by atoms with Crippen molar-refractivity contribution >= 4 is 15.9 Å². The largest absolute Gasteiger partial charge is 0.345 e. The Labute approximate surface area is 165 Å². The van der Waals surface area contributed by atoms with Gasteiger partial charge in [-0.25, -0.2) is 12.7 Å². The number of aromatic amines is 1. The Morgan fingerprint density at radius 3 is 2.46 bits per heavy atom. The van der Waals surface area contributed by atoms with Gasteiger partial charge in [0.15, 0.2) is 0 Å². The van der Waals surface area contributed by atoms with E-state index in [9.17, 15) is 13.2 Å². The molecule has 2 aromatic heterocycles. The van der Waals surface area contributed by atoms with E-state index < -0.39 is 10.0 Å². The van der Waals surface area contributed by atoms with Crippen molar-refractivity contribution in [2.45, 2.75) is 45.6 Å². The summed E-state index contributed by atoms with van der Waals surface area (Å²) < 4.78 is 24.8. The topological polar surface area (TPSA) is 108 Å². The number of rotatable bonds is 5. The van der Waals surface area contributed by atoms with Crippen molar-refractivity contribution in [2.75, 3.05) is 19.3 Å². The molecule has 152 valence electrons. The van der Waals surface area contributed by atoms with E-state index in [4.69, 9.17) is 0 Å². The summed E-state index contributed by atoms with van der Waals surface area (Å²) in [6.07, 6.45) is 4.31. The lowest BCUT2D eigenvalue weighted by atomic mass is 9.94. The van der Waals surface area contributed by atoms with E-state index in [1.54, 1.807) is 12.3 Å². The lowest BCUT2D eigenvalue weighted by Crippen LogP contribution is -2.37. The molecule has 2 aromatic rings. The molecule has 0 aromatic carbocycles. The maximum Gasteiger partial charge on any atom is 0.253 e. The Kier molecular flexibility index (Phi) is 5.85. The molecule has 3 rings (SSSR count). The van der Waals surface area contributed by atoms with E-state index >= 15 is 0 Å². The summed E-state index contributed by atoms with van der Waals surface area (Å²) in [5, 5.41) is 10.1. The van der Waals surface area contributed by atoms with Gasteiger partial charge in [-0.2, -0.15) is 5.10 Å². The minimum Gasteiger partial charge on any atom is -0.345 e. The number of H-pyrrole nitrogens is 1. The predicted molar refractivity (Wildman–Crippen MR) is 107 cm³/mol. The lowest BCUT2D eigenvalue weighted by Gasteiger charge is -2.29. The van der Waals surface area contributed by atoms with Crippen LogP contribution in [0.15, 0.2) is 18.3 Å². The zero-order chi connectivity index (χ0) is 20.5. The first-order chi connectivity index (χ1) is 13.2. The summed E-state index contributed by atoms with van der Waals surface area (Å²) in [6, 6.07) is 3.49. The van der Waals surface area contributed by atoms with Crippen molar-refractivity contribution in [3.05, 3.63) is 46.5 Å². The molecule has 0 unspecified atom stereocenters. The van der Waals surface area contributed by atoms with Gasteiger partial charge in [-0.3, -0.25) is 14.9 Å². The van der Waals surface area contributed by atoms with Crippen LogP contribution in [0.25, 0.3) is 0 Å². The molecule has 0 aliphatic carbocycles. The first kappa shape index (κ1) is 20.5. The van der Waals surface area contributed by atoms with Gasteiger partial charge in [0.1, 0.15) is 0 Å². The van der Waals surface area contributed by atoms with Gasteiger partial charge in [0.05, 0.1) is 23.6 Å². The lowest BCUT2D eigenvalue weighted by molar-refractivity contribution is 0.0939. The average molecular weight is 406 g/mol. The maximum absolute atomic E-state index is 12.6. The second kappa shape index (κ2) is 8.00. The van der Waals surface area contributed by atoms with Crippen molar-refractivity contribution in [2.24, 2.45) is 0 Å². The number of piperidine rings is 1. The normalized spacial score (nSPS) is 17.4. The molecule has 0 spiro atoms. The Morgan fingerprint density at radius 2 is 1.96 bits per heavy atom. The highest BCUT2D eigenvalue weighted by molar-refractivity contribution is 7.88. The molecule has 1 atom stereocenters. The van der Waals surface area contributed by atoms with Crippen molar-refractivity contribution in [3.63, 3.8) is 0 Å². The van der Waals surface area contributed by atoms with Gasteiger partial charge in [0, 0.05) is 42.2 Å². The molecule has 0 saturated carbocycles. The molecule has 9 heteroatoms. The highest BCUT2D eigenvalue weighted by Gasteiger charge is 2.26.